The maximum Gasteiger partial charge on any atom is 0.268 e. The lowest BCUT2D eigenvalue weighted by Crippen LogP contribution is -2.26. The highest BCUT2D eigenvalue weighted by Crippen LogP contribution is 2.29. The molecule has 0 aliphatic rings. The molecule has 0 bridgehead atoms. The van der Waals surface area contributed by atoms with Crippen LogP contribution in [0.15, 0.2) is 42.7 Å². The molecule has 0 saturated carbocycles. The number of rotatable bonds is 2. The summed E-state index contributed by atoms with van der Waals surface area (Å²) < 4.78 is 14.0. The lowest BCUT2D eigenvalue weighted by molar-refractivity contribution is 0.0997. The zero-order valence-corrected chi connectivity index (χ0v) is 12.0. The minimum atomic E-state index is -0.310. The molecule has 0 spiro atoms. The molecule has 0 atom stereocenters. The van der Waals surface area contributed by atoms with Gasteiger partial charge in [0.25, 0.3) is 5.91 Å². The Morgan fingerprint density at radius 3 is 2.90 bits per heavy atom. The van der Waals surface area contributed by atoms with Gasteiger partial charge in [-0.2, -0.15) is 0 Å². The summed E-state index contributed by atoms with van der Waals surface area (Å²) in [6.07, 6.45) is 3.08. The predicted octanol–water partition coefficient (Wildman–Crippen LogP) is 3.29. The van der Waals surface area contributed by atoms with Crippen molar-refractivity contribution in [3.8, 4) is 0 Å². The van der Waals surface area contributed by atoms with Gasteiger partial charge in [0.1, 0.15) is 5.82 Å². The number of nitrogen functional groups attached to an aromatic ring is 1. The van der Waals surface area contributed by atoms with Crippen LogP contribution in [-0.2, 0) is 0 Å². The van der Waals surface area contributed by atoms with Crippen LogP contribution in [0.25, 0.3) is 10.1 Å². The number of nitrogens with zero attached hydrogens (tertiary/aromatic N) is 2. The summed E-state index contributed by atoms with van der Waals surface area (Å²) in [7, 11) is 1.65. The number of amides is 1. The van der Waals surface area contributed by atoms with Gasteiger partial charge in [-0.3, -0.25) is 9.78 Å². The smallest absolute Gasteiger partial charge is 0.268 e. The van der Waals surface area contributed by atoms with Crippen LogP contribution in [0.4, 0.5) is 15.8 Å². The average molecular weight is 301 g/mol. The number of fused-ring (bicyclic) bond motifs is 1. The van der Waals surface area contributed by atoms with Crippen LogP contribution in [0.1, 0.15) is 9.67 Å². The van der Waals surface area contributed by atoms with Gasteiger partial charge in [0.15, 0.2) is 0 Å². The Balaban J connectivity index is 1.98. The standard InChI is InChI=1S/C15H12FN3OS/c1-19(12-4-5-18-8-11(12)17)15(20)14-6-9-2-3-10(16)7-13(9)21-14/h2-8H,17H2,1H3. The van der Waals surface area contributed by atoms with Crippen molar-refractivity contribution < 1.29 is 9.18 Å². The molecule has 21 heavy (non-hydrogen) atoms. The lowest BCUT2D eigenvalue weighted by atomic mass is 10.2. The molecule has 4 nitrogen and oxygen atoms in total. The van der Waals surface area contributed by atoms with E-state index in [1.165, 1.54) is 34.6 Å². The molecule has 2 aromatic heterocycles. The Labute approximate surface area is 124 Å². The van der Waals surface area contributed by atoms with E-state index in [1.54, 1.807) is 31.4 Å². The van der Waals surface area contributed by atoms with Crippen LogP contribution in [-0.4, -0.2) is 17.9 Å². The number of carbonyl (C=O) groups is 1. The van der Waals surface area contributed by atoms with Gasteiger partial charge in [0.2, 0.25) is 0 Å². The van der Waals surface area contributed by atoms with E-state index >= 15 is 0 Å². The van der Waals surface area contributed by atoms with Gasteiger partial charge in [-0.15, -0.1) is 11.3 Å². The van der Waals surface area contributed by atoms with Crippen LogP contribution >= 0.6 is 11.3 Å². The Bertz CT molecular complexity index is 831. The van der Waals surface area contributed by atoms with Crippen molar-refractivity contribution in [1.82, 2.24) is 4.98 Å². The first kappa shape index (κ1) is 13.5. The Morgan fingerprint density at radius 2 is 2.14 bits per heavy atom. The summed E-state index contributed by atoms with van der Waals surface area (Å²) in [6.45, 7) is 0. The zero-order valence-electron chi connectivity index (χ0n) is 11.2. The van der Waals surface area contributed by atoms with Crippen molar-refractivity contribution in [2.45, 2.75) is 0 Å². The van der Waals surface area contributed by atoms with Crippen molar-refractivity contribution in [3.63, 3.8) is 0 Å². The highest BCUT2D eigenvalue weighted by molar-refractivity contribution is 7.20. The van der Waals surface area contributed by atoms with Crippen molar-refractivity contribution in [1.29, 1.82) is 0 Å². The summed E-state index contributed by atoms with van der Waals surface area (Å²) >= 11 is 1.26. The fourth-order valence-corrected chi connectivity index (χ4v) is 3.15. The van der Waals surface area contributed by atoms with E-state index in [0.29, 0.717) is 16.3 Å². The Morgan fingerprint density at radius 1 is 1.33 bits per heavy atom. The van der Waals surface area contributed by atoms with E-state index in [9.17, 15) is 9.18 Å². The third kappa shape index (κ3) is 2.45. The monoisotopic (exact) mass is 301 g/mol. The average Bonchev–Trinajstić information content (AvgIpc) is 2.89. The largest absolute Gasteiger partial charge is 0.396 e. The number of thiophene rings is 1. The minimum Gasteiger partial charge on any atom is -0.396 e. The van der Waals surface area contributed by atoms with E-state index in [0.717, 1.165) is 10.1 Å². The summed E-state index contributed by atoms with van der Waals surface area (Å²) in [5.74, 6) is -0.496. The topological polar surface area (TPSA) is 59.2 Å². The van der Waals surface area contributed by atoms with Crippen LogP contribution in [0.3, 0.4) is 0 Å². The molecule has 106 valence electrons. The second kappa shape index (κ2) is 5.14. The summed E-state index contributed by atoms with van der Waals surface area (Å²) in [6, 6.07) is 7.92. The molecule has 2 heterocycles. The van der Waals surface area contributed by atoms with E-state index in [-0.39, 0.29) is 11.7 Å². The van der Waals surface area contributed by atoms with Crippen molar-refractivity contribution in [3.05, 3.63) is 53.4 Å². The second-order valence-corrected chi connectivity index (χ2v) is 5.68. The van der Waals surface area contributed by atoms with Gasteiger partial charge in [0, 0.05) is 17.9 Å². The predicted molar refractivity (Wildman–Crippen MR) is 83.2 cm³/mol. The number of benzene rings is 1. The summed E-state index contributed by atoms with van der Waals surface area (Å²) in [5.41, 5.74) is 6.86. The van der Waals surface area contributed by atoms with Crippen molar-refractivity contribution in [2.24, 2.45) is 0 Å². The quantitative estimate of drug-likeness (QED) is 0.790. The van der Waals surface area contributed by atoms with E-state index in [4.69, 9.17) is 5.73 Å². The fourth-order valence-electron chi connectivity index (χ4n) is 2.09. The van der Waals surface area contributed by atoms with Crippen LogP contribution in [0, 0.1) is 5.82 Å². The third-order valence-electron chi connectivity index (χ3n) is 3.19. The molecule has 3 rings (SSSR count). The Kier molecular flexibility index (Phi) is 3.31. The first-order valence-electron chi connectivity index (χ1n) is 6.23. The SMILES string of the molecule is CN(C(=O)c1cc2ccc(F)cc2s1)c1ccncc1N. The van der Waals surface area contributed by atoms with Gasteiger partial charge in [-0.05, 0) is 29.7 Å². The molecule has 1 amide bonds. The van der Waals surface area contributed by atoms with Crippen molar-refractivity contribution >= 4 is 38.7 Å². The number of nitrogens with two attached hydrogens (primary N) is 1. The van der Waals surface area contributed by atoms with Gasteiger partial charge in [-0.25, -0.2) is 4.39 Å². The zero-order chi connectivity index (χ0) is 15.0. The molecular formula is C15H12FN3OS. The van der Waals surface area contributed by atoms with E-state index in [2.05, 4.69) is 4.98 Å². The first-order valence-corrected chi connectivity index (χ1v) is 7.04. The highest BCUT2D eigenvalue weighted by atomic mass is 32.1. The molecule has 0 aliphatic carbocycles. The minimum absolute atomic E-state index is 0.186. The molecule has 6 heteroatoms. The van der Waals surface area contributed by atoms with Gasteiger partial charge in [-0.1, -0.05) is 6.07 Å². The number of hydrogen-bond donors (Lipinski definition) is 1. The molecular weight excluding hydrogens is 289 g/mol. The van der Waals surface area contributed by atoms with Crippen molar-refractivity contribution in [2.75, 3.05) is 17.7 Å². The molecule has 3 aromatic rings. The van der Waals surface area contributed by atoms with E-state index in [1.807, 2.05) is 0 Å². The molecule has 0 aliphatic heterocycles. The molecule has 0 fully saturated rings. The third-order valence-corrected chi connectivity index (χ3v) is 4.27. The van der Waals surface area contributed by atoms with Gasteiger partial charge in [0.05, 0.1) is 22.4 Å². The number of aromatic nitrogens is 1. The van der Waals surface area contributed by atoms with E-state index < -0.39 is 0 Å². The fraction of sp³-hybridized carbons (Fsp3) is 0.0667. The normalized spacial score (nSPS) is 10.8. The maximum absolute atomic E-state index is 13.2. The summed E-state index contributed by atoms with van der Waals surface area (Å²) in [5, 5.41) is 0.848. The number of carbonyl (C=O) groups excluding carboxylic acids is 1. The van der Waals surface area contributed by atoms with Crippen LogP contribution in [0.2, 0.25) is 0 Å². The molecule has 2 N–H and O–H groups in total. The molecule has 0 radical (unpaired) electrons. The second-order valence-electron chi connectivity index (χ2n) is 4.59. The first-order chi connectivity index (χ1) is 10.1. The Hall–Kier alpha value is -2.47. The highest BCUT2D eigenvalue weighted by Gasteiger charge is 2.18. The molecule has 1 aromatic carbocycles. The molecule has 0 saturated heterocycles. The number of pyridine rings is 1. The maximum atomic E-state index is 13.2. The van der Waals surface area contributed by atoms with Gasteiger partial charge < -0.3 is 10.6 Å². The number of anilines is 2. The summed E-state index contributed by atoms with van der Waals surface area (Å²) in [4.78, 5) is 18.4. The van der Waals surface area contributed by atoms with Crippen LogP contribution < -0.4 is 10.6 Å². The number of hydrogen-bond acceptors (Lipinski definition) is 4. The number of halogens is 1. The lowest BCUT2D eigenvalue weighted by Gasteiger charge is -2.17. The van der Waals surface area contributed by atoms with Crippen LogP contribution in [0.5, 0.6) is 0 Å². The van der Waals surface area contributed by atoms with Gasteiger partial charge >= 0.3 is 0 Å². The molecule has 0 unspecified atom stereocenters.